The summed E-state index contributed by atoms with van der Waals surface area (Å²) in [6.45, 7) is 7.25. The van der Waals surface area contributed by atoms with Gasteiger partial charge in [0, 0.05) is 6.42 Å². The number of halogens is 1. The Morgan fingerprint density at radius 2 is 2.00 bits per heavy atom. The zero-order chi connectivity index (χ0) is 18.1. The number of aliphatic carboxylic acids is 1. The number of likely N-dealkylation sites (tertiary alicyclic amines) is 1. The Hall–Kier alpha value is -1.95. The summed E-state index contributed by atoms with van der Waals surface area (Å²) in [6.07, 6.45) is -0.937. The van der Waals surface area contributed by atoms with Crippen LogP contribution in [0.5, 0.6) is 5.75 Å². The molecule has 0 unspecified atom stereocenters. The number of carboxylic acid groups (broad SMARTS) is 1. The van der Waals surface area contributed by atoms with Crippen LogP contribution in [0.25, 0.3) is 0 Å². The highest BCUT2D eigenvalue weighted by Gasteiger charge is 2.42. The Morgan fingerprint density at radius 1 is 1.33 bits per heavy atom. The van der Waals surface area contributed by atoms with Gasteiger partial charge in [-0.2, -0.15) is 0 Å². The summed E-state index contributed by atoms with van der Waals surface area (Å²) in [5.74, 6) is -0.607. The van der Waals surface area contributed by atoms with Gasteiger partial charge in [0.25, 0.3) is 0 Å². The normalized spacial score (nSPS) is 20.8. The summed E-state index contributed by atoms with van der Waals surface area (Å²) >= 11 is 6.15. The van der Waals surface area contributed by atoms with E-state index in [0.29, 0.717) is 10.8 Å². The van der Waals surface area contributed by atoms with Crippen LogP contribution in [0.2, 0.25) is 5.02 Å². The number of aryl methyl sites for hydroxylation is 1. The van der Waals surface area contributed by atoms with Crippen molar-refractivity contribution in [2.24, 2.45) is 0 Å². The van der Waals surface area contributed by atoms with Crippen LogP contribution >= 0.6 is 11.6 Å². The highest BCUT2D eigenvalue weighted by atomic mass is 35.5. The SMILES string of the molecule is Cc1ccc(O[C@@H]2C[C@H](C(=O)O)N(C(=O)OC(C)(C)C)C2)c(Cl)c1. The lowest BCUT2D eigenvalue weighted by Crippen LogP contribution is -2.43. The van der Waals surface area contributed by atoms with E-state index in [2.05, 4.69) is 0 Å². The average Bonchev–Trinajstić information content (AvgIpc) is 2.84. The van der Waals surface area contributed by atoms with Gasteiger partial charge < -0.3 is 14.6 Å². The van der Waals surface area contributed by atoms with E-state index >= 15 is 0 Å². The van der Waals surface area contributed by atoms with Crippen LogP contribution in [0.3, 0.4) is 0 Å². The lowest BCUT2D eigenvalue weighted by Gasteiger charge is -2.26. The molecule has 2 rings (SSSR count). The number of amides is 1. The standard InChI is InChI=1S/C17H22ClNO5/c1-10-5-6-14(12(18)7-10)23-11-8-13(15(20)21)19(9-11)16(22)24-17(2,3)4/h5-7,11,13H,8-9H2,1-4H3,(H,20,21)/t11-,13-/m1/s1. The van der Waals surface area contributed by atoms with Crippen molar-refractivity contribution in [1.82, 2.24) is 4.90 Å². The Labute approximate surface area is 146 Å². The van der Waals surface area contributed by atoms with Crippen molar-refractivity contribution in [2.45, 2.75) is 51.9 Å². The molecule has 1 heterocycles. The zero-order valence-corrected chi connectivity index (χ0v) is 15.0. The van der Waals surface area contributed by atoms with Crippen LogP contribution < -0.4 is 4.74 Å². The maximum atomic E-state index is 12.2. The Morgan fingerprint density at radius 3 is 2.54 bits per heavy atom. The first kappa shape index (κ1) is 18.4. The van der Waals surface area contributed by atoms with Gasteiger partial charge in [0.2, 0.25) is 0 Å². The molecule has 1 amide bonds. The molecule has 1 saturated heterocycles. The van der Waals surface area contributed by atoms with E-state index in [1.54, 1.807) is 32.9 Å². The highest BCUT2D eigenvalue weighted by Crippen LogP contribution is 2.30. The summed E-state index contributed by atoms with van der Waals surface area (Å²) in [5, 5.41) is 9.83. The summed E-state index contributed by atoms with van der Waals surface area (Å²) in [4.78, 5) is 24.9. The third-order valence-corrected chi connectivity index (χ3v) is 3.85. The molecule has 7 heteroatoms. The number of carbonyl (C=O) groups is 2. The number of benzene rings is 1. The molecular formula is C17H22ClNO5. The fraction of sp³-hybridized carbons (Fsp3) is 0.529. The van der Waals surface area contributed by atoms with Crippen molar-refractivity contribution in [1.29, 1.82) is 0 Å². The minimum atomic E-state index is -1.08. The van der Waals surface area contributed by atoms with Crippen LogP contribution in [0, 0.1) is 6.92 Å². The fourth-order valence-corrected chi connectivity index (χ4v) is 2.80. The van der Waals surface area contributed by atoms with Gasteiger partial charge in [0.05, 0.1) is 11.6 Å². The fourth-order valence-electron chi connectivity index (χ4n) is 2.52. The first-order valence-corrected chi connectivity index (χ1v) is 8.10. The number of rotatable bonds is 3. The molecule has 6 nitrogen and oxygen atoms in total. The Balaban J connectivity index is 2.11. The maximum absolute atomic E-state index is 12.2. The molecule has 132 valence electrons. The average molecular weight is 356 g/mol. The van der Waals surface area contributed by atoms with Crippen LogP contribution in [0.4, 0.5) is 4.79 Å². The predicted octanol–water partition coefficient (Wildman–Crippen LogP) is 3.49. The van der Waals surface area contributed by atoms with E-state index in [0.717, 1.165) is 5.56 Å². The zero-order valence-electron chi connectivity index (χ0n) is 14.2. The van der Waals surface area contributed by atoms with Crippen LogP contribution in [-0.2, 0) is 9.53 Å². The minimum absolute atomic E-state index is 0.135. The van der Waals surface area contributed by atoms with Crippen molar-refractivity contribution in [3.8, 4) is 5.75 Å². The van der Waals surface area contributed by atoms with Crippen molar-refractivity contribution < 1.29 is 24.2 Å². The Kier molecular flexibility index (Phi) is 5.28. The van der Waals surface area contributed by atoms with E-state index in [1.165, 1.54) is 4.90 Å². The first-order valence-electron chi connectivity index (χ1n) is 7.72. The topological polar surface area (TPSA) is 76.1 Å². The molecule has 0 aliphatic carbocycles. The van der Waals surface area contributed by atoms with Crippen molar-refractivity contribution in [3.05, 3.63) is 28.8 Å². The van der Waals surface area contributed by atoms with Crippen molar-refractivity contribution in [2.75, 3.05) is 6.54 Å². The Bertz CT molecular complexity index is 640. The summed E-state index contributed by atoms with van der Waals surface area (Å²) in [5.41, 5.74) is 0.303. The van der Waals surface area contributed by atoms with E-state index < -0.39 is 29.8 Å². The second kappa shape index (κ2) is 6.89. The van der Waals surface area contributed by atoms with Gasteiger partial charge in [-0.05, 0) is 45.4 Å². The van der Waals surface area contributed by atoms with Gasteiger partial charge in [-0.3, -0.25) is 4.90 Å². The van der Waals surface area contributed by atoms with Gasteiger partial charge in [-0.25, -0.2) is 9.59 Å². The number of carboxylic acids is 1. The van der Waals surface area contributed by atoms with Crippen molar-refractivity contribution in [3.63, 3.8) is 0 Å². The molecule has 0 spiro atoms. The molecule has 0 aromatic heterocycles. The van der Waals surface area contributed by atoms with Gasteiger partial charge >= 0.3 is 12.1 Å². The second-order valence-corrected chi connectivity index (χ2v) is 7.30. The molecule has 1 aliphatic rings. The number of carbonyl (C=O) groups excluding carboxylic acids is 1. The molecule has 2 atom stereocenters. The molecular weight excluding hydrogens is 334 g/mol. The minimum Gasteiger partial charge on any atom is -0.487 e. The molecule has 0 saturated carbocycles. The third-order valence-electron chi connectivity index (χ3n) is 3.56. The van der Waals surface area contributed by atoms with E-state index in [4.69, 9.17) is 21.1 Å². The van der Waals surface area contributed by atoms with E-state index in [-0.39, 0.29) is 13.0 Å². The molecule has 0 bridgehead atoms. The quantitative estimate of drug-likeness (QED) is 0.898. The largest absolute Gasteiger partial charge is 0.487 e. The monoisotopic (exact) mass is 355 g/mol. The highest BCUT2D eigenvalue weighted by molar-refractivity contribution is 6.32. The third kappa shape index (κ3) is 4.54. The van der Waals surface area contributed by atoms with Crippen molar-refractivity contribution >= 4 is 23.7 Å². The predicted molar refractivity (Wildman–Crippen MR) is 89.6 cm³/mol. The molecule has 1 N–H and O–H groups in total. The number of hydrogen-bond acceptors (Lipinski definition) is 4. The second-order valence-electron chi connectivity index (χ2n) is 6.90. The van der Waals surface area contributed by atoms with Gasteiger partial charge in [0.1, 0.15) is 23.5 Å². The van der Waals surface area contributed by atoms with Gasteiger partial charge in [-0.15, -0.1) is 0 Å². The summed E-state index contributed by atoms with van der Waals surface area (Å²) in [6, 6.07) is 4.39. The van der Waals surface area contributed by atoms with Crippen LogP contribution in [0.15, 0.2) is 18.2 Å². The number of nitrogens with zero attached hydrogens (tertiary/aromatic N) is 1. The number of hydrogen-bond donors (Lipinski definition) is 1. The summed E-state index contributed by atoms with van der Waals surface area (Å²) in [7, 11) is 0. The molecule has 1 fully saturated rings. The molecule has 24 heavy (non-hydrogen) atoms. The van der Waals surface area contributed by atoms with Gasteiger partial charge in [0.15, 0.2) is 0 Å². The first-order chi connectivity index (χ1) is 11.1. The molecule has 0 radical (unpaired) electrons. The van der Waals surface area contributed by atoms with E-state index in [1.807, 2.05) is 13.0 Å². The van der Waals surface area contributed by atoms with E-state index in [9.17, 15) is 14.7 Å². The van der Waals surface area contributed by atoms with Gasteiger partial charge in [-0.1, -0.05) is 17.7 Å². The molecule has 1 aromatic carbocycles. The lowest BCUT2D eigenvalue weighted by molar-refractivity contribution is -0.142. The van der Waals surface area contributed by atoms with Crippen LogP contribution in [0.1, 0.15) is 32.8 Å². The smallest absolute Gasteiger partial charge is 0.411 e. The summed E-state index contributed by atoms with van der Waals surface area (Å²) < 4.78 is 11.1. The lowest BCUT2D eigenvalue weighted by atomic mass is 10.2. The molecule has 1 aromatic rings. The molecule has 1 aliphatic heterocycles. The van der Waals surface area contributed by atoms with Crippen LogP contribution in [-0.4, -0.2) is 46.4 Å². The maximum Gasteiger partial charge on any atom is 0.411 e. The number of ether oxygens (including phenoxy) is 2.